The van der Waals surface area contributed by atoms with Gasteiger partial charge in [0, 0.05) is 19.3 Å². The van der Waals surface area contributed by atoms with Crippen LogP contribution in [0.15, 0.2) is 54.0 Å². The molecule has 2 heterocycles. The van der Waals surface area contributed by atoms with Crippen LogP contribution in [0.1, 0.15) is 23.7 Å². The number of benzene rings is 1. The second kappa shape index (κ2) is 8.60. The zero-order valence-corrected chi connectivity index (χ0v) is 15.1. The van der Waals surface area contributed by atoms with Crippen LogP contribution in [0.2, 0.25) is 0 Å². The maximum atomic E-state index is 12.7. The van der Waals surface area contributed by atoms with Gasteiger partial charge < -0.3 is 10.6 Å². The summed E-state index contributed by atoms with van der Waals surface area (Å²) in [6.45, 7) is 4.44. The van der Waals surface area contributed by atoms with Crippen molar-refractivity contribution in [1.29, 1.82) is 0 Å². The molecule has 1 aromatic carbocycles. The summed E-state index contributed by atoms with van der Waals surface area (Å²) >= 11 is 1.58. The number of rotatable bonds is 8. The van der Waals surface area contributed by atoms with Crippen LogP contribution in [0.3, 0.4) is 0 Å². The van der Waals surface area contributed by atoms with Crippen molar-refractivity contribution in [2.45, 2.75) is 13.3 Å². The molecule has 2 N–H and O–H groups in total. The number of hydrogen-bond acceptors (Lipinski definition) is 4. The van der Waals surface area contributed by atoms with Crippen LogP contribution in [0.5, 0.6) is 0 Å². The lowest BCUT2D eigenvalue weighted by atomic mass is 10.2. The van der Waals surface area contributed by atoms with Gasteiger partial charge in [0.1, 0.15) is 5.69 Å². The number of aromatic nitrogens is 2. The Kier molecular flexibility index (Phi) is 5.98. The summed E-state index contributed by atoms with van der Waals surface area (Å²) < 4.78 is 1.76. The van der Waals surface area contributed by atoms with E-state index in [1.807, 2.05) is 47.8 Å². The van der Waals surface area contributed by atoms with Crippen molar-refractivity contribution in [3.63, 3.8) is 0 Å². The van der Waals surface area contributed by atoms with E-state index in [9.17, 15) is 4.79 Å². The standard InChI is InChI=1S/C19H22N4OS/c1-2-10-20-11-12-21-19(24)16-14-23(15-7-4-3-5-8-15)22-18(16)17-9-6-13-25-17/h3-9,13-14,20H,2,10-12H2,1H3,(H,21,24). The molecule has 0 bridgehead atoms. The maximum Gasteiger partial charge on any atom is 0.255 e. The average molecular weight is 354 g/mol. The number of para-hydroxylation sites is 1. The molecule has 5 nitrogen and oxygen atoms in total. The summed E-state index contributed by atoms with van der Waals surface area (Å²) in [5.74, 6) is -0.0936. The maximum absolute atomic E-state index is 12.7. The third-order valence-electron chi connectivity index (χ3n) is 3.75. The Morgan fingerprint density at radius 2 is 1.96 bits per heavy atom. The minimum Gasteiger partial charge on any atom is -0.351 e. The highest BCUT2D eigenvalue weighted by molar-refractivity contribution is 7.13. The Balaban J connectivity index is 1.81. The first-order valence-electron chi connectivity index (χ1n) is 8.47. The number of carbonyl (C=O) groups excluding carboxylic acids is 1. The van der Waals surface area contributed by atoms with Crippen LogP contribution in [0.25, 0.3) is 16.3 Å². The number of hydrogen-bond donors (Lipinski definition) is 2. The van der Waals surface area contributed by atoms with Gasteiger partial charge in [-0.05, 0) is 36.5 Å². The molecule has 0 unspecified atom stereocenters. The molecule has 3 rings (SSSR count). The highest BCUT2D eigenvalue weighted by atomic mass is 32.1. The second-order valence-corrected chi connectivity index (χ2v) is 6.60. The molecule has 0 aliphatic carbocycles. The van der Waals surface area contributed by atoms with Crippen molar-refractivity contribution in [2.75, 3.05) is 19.6 Å². The van der Waals surface area contributed by atoms with E-state index < -0.39 is 0 Å². The molecule has 0 saturated heterocycles. The highest BCUT2D eigenvalue weighted by Gasteiger charge is 2.18. The predicted octanol–water partition coefficient (Wildman–Crippen LogP) is 3.33. The van der Waals surface area contributed by atoms with Gasteiger partial charge >= 0.3 is 0 Å². The topological polar surface area (TPSA) is 58.9 Å². The van der Waals surface area contributed by atoms with Gasteiger partial charge in [-0.3, -0.25) is 4.79 Å². The number of amides is 1. The molecule has 1 amide bonds. The molecule has 6 heteroatoms. The van der Waals surface area contributed by atoms with Crippen LogP contribution < -0.4 is 10.6 Å². The number of thiophene rings is 1. The van der Waals surface area contributed by atoms with Crippen molar-refractivity contribution >= 4 is 17.2 Å². The summed E-state index contributed by atoms with van der Waals surface area (Å²) in [6.07, 6.45) is 2.89. The van der Waals surface area contributed by atoms with Gasteiger partial charge in [-0.1, -0.05) is 31.2 Å². The first-order chi connectivity index (χ1) is 12.3. The van der Waals surface area contributed by atoms with E-state index in [-0.39, 0.29) is 5.91 Å². The first-order valence-corrected chi connectivity index (χ1v) is 9.35. The molecule has 0 aliphatic rings. The van der Waals surface area contributed by atoms with Crippen molar-refractivity contribution in [2.24, 2.45) is 0 Å². The Morgan fingerprint density at radius 3 is 2.68 bits per heavy atom. The van der Waals surface area contributed by atoms with E-state index in [2.05, 4.69) is 22.7 Å². The Morgan fingerprint density at radius 1 is 1.12 bits per heavy atom. The molecule has 2 aromatic heterocycles. The Bertz CT molecular complexity index is 796. The second-order valence-electron chi connectivity index (χ2n) is 5.65. The third kappa shape index (κ3) is 4.35. The first kappa shape index (κ1) is 17.4. The summed E-state index contributed by atoms with van der Waals surface area (Å²) in [4.78, 5) is 13.6. The molecule has 130 valence electrons. The lowest BCUT2D eigenvalue weighted by Gasteiger charge is -2.05. The molecule has 25 heavy (non-hydrogen) atoms. The minimum atomic E-state index is -0.0936. The molecule has 3 aromatic rings. The Labute approximate surface area is 151 Å². The van der Waals surface area contributed by atoms with Crippen molar-refractivity contribution in [3.8, 4) is 16.3 Å². The zero-order chi connectivity index (χ0) is 17.5. The minimum absolute atomic E-state index is 0.0936. The SMILES string of the molecule is CCCNCCNC(=O)c1cn(-c2ccccc2)nc1-c1cccs1. The molecular weight excluding hydrogens is 332 g/mol. The predicted molar refractivity (Wildman–Crippen MR) is 102 cm³/mol. The van der Waals surface area contributed by atoms with Gasteiger partial charge in [0.05, 0.1) is 16.1 Å². The molecule has 0 fully saturated rings. The summed E-state index contributed by atoms with van der Waals surface area (Å²) in [5, 5.41) is 12.9. The zero-order valence-electron chi connectivity index (χ0n) is 14.2. The monoisotopic (exact) mass is 354 g/mol. The van der Waals surface area contributed by atoms with Crippen molar-refractivity contribution in [1.82, 2.24) is 20.4 Å². The van der Waals surface area contributed by atoms with E-state index in [1.165, 1.54) is 0 Å². The smallest absolute Gasteiger partial charge is 0.255 e. The fourth-order valence-corrected chi connectivity index (χ4v) is 3.23. The van der Waals surface area contributed by atoms with Gasteiger partial charge in [-0.15, -0.1) is 11.3 Å². The van der Waals surface area contributed by atoms with E-state index in [1.54, 1.807) is 22.2 Å². The molecule has 0 radical (unpaired) electrons. The van der Waals surface area contributed by atoms with Gasteiger partial charge in [0.15, 0.2) is 0 Å². The third-order valence-corrected chi connectivity index (χ3v) is 4.62. The summed E-state index contributed by atoms with van der Waals surface area (Å²) in [5.41, 5.74) is 2.25. The van der Waals surface area contributed by atoms with Crippen LogP contribution in [-0.2, 0) is 0 Å². The largest absolute Gasteiger partial charge is 0.351 e. The van der Waals surface area contributed by atoms with E-state index >= 15 is 0 Å². The lowest BCUT2D eigenvalue weighted by molar-refractivity contribution is 0.0954. The van der Waals surface area contributed by atoms with Crippen molar-refractivity contribution in [3.05, 3.63) is 59.6 Å². The number of nitrogens with one attached hydrogen (secondary N) is 2. The van der Waals surface area contributed by atoms with Crippen LogP contribution in [-0.4, -0.2) is 35.3 Å². The quantitative estimate of drug-likeness (QED) is 0.610. The lowest BCUT2D eigenvalue weighted by Crippen LogP contribution is -2.32. The van der Waals surface area contributed by atoms with Crippen LogP contribution in [0, 0.1) is 0 Å². The molecule has 0 atom stereocenters. The van der Waals surface area contributed by atoms with Crippen LogP contribution in [0.4, 0.5) is 0 Å². The van der Waals surface area contributed by atoms with Gasteiger partial charge in [0.25, 0.3) is 5.91 Å². The number of carbonyl (C=O) groups is 1. The highest BCUT2D eigenvalue weighted by Crippen LogP contribution is 2.27. The summed E-state index contributed by atoms with van der Waals surface area (Å²) in [7, 11) is 0. The fourth-order valence-electron chi connectivity index (χ4n) is 2.51. The van der Waals surface area contributed by atoms with E-state index in [0.29, 0.717) is 12.1 Å². The normalized spacial score (nSPS) is 10.8. The van der Waals surface area contributed by atoms with Gasteiger partial charge in [-0.2, -0.15) is 5.10 Å². The van der Waals surface area contributed by atoms with E-state index in [0.717, 1.165) is 35.8 Å². The van der Waals surface area contributed by atoms with Crippen LogP contribution >= 0.6 is 11.3 Å². The molecule has 0 saturated carbocycles. The van der Waals surface area contributed by atoms with E-state index in [4.69, 9.17) is 0 Å². The molecule has 0 spiro atoms. The molecule has 0 aliphatic heterocycles. The summed E-state index contributed by atoms with van der Waals surface area (Å²) in [6, 6.07) is 13.8. The van der Waals surface area contributed by atoms with Crippen molar-refractivity contribution < 1.29 is 4.79 Å². The Hall–Kier alpha value is -2.44. The van der Waals surface area contributed by atoms with Gasteiger partial charge in [-0.25, -0.2) is 4.68 Å². The number of nitrogens with zero attached hydrogens (tertiary/aromatic N) is 2. The van der Waals surface area contributed by atoms with Gasteiger partial charge in [0.2, 0.25) is 0 Å². The molecular formula is C19H22N4OS. The average Bonchev–Trinajstić information content (AvgIpc) is 3.31. The fraction of sp³-hybridized carbons (Fsp3) is 0.263.